The molecule has 316 valence electrons. The SMILES string of the molecule is COCCO[C@@H]1[C@H](O)[C@@H](COP(=O)([O-])OP(=O)([O-])OP(=O)([O-])OC[C@H]2O[C@@H](n3cnc4c(=O)[nH]c(N)nc43)[C@H](OC)[C@@H]2O)O[C@H]1[n+]1cn(C)c2c(=O)[nH]c(N)nc21. The highest BCUT2D eigenvalue weighted by molar-refractivity contribution is 7.65. The molecule has 57 heavy (non-hydrogen) atoms. The average Bonchev–Trinajstić information content (AvgIpc) is 3.84. The number of rotatable bonds is 17. The molecular weight excluding hydrogens is 837 g/mol. The normalized spacial score (nSPS) is 28.5. The van der Waals surface area contributed by atoms with E-state index in [0.717, 1.165) is 6.33 Å². The van der Waals surface area contributed by atoms with E-state index in [2.05, 4.69) is 42.6 Å². The predicted molar refractivity (Wildman–Crippen MR) is 178 cm³/mol. The summed E-state index contributed by atoms with van der Waals surface area (Å²) in [6, 6.07) is 0. The smallest absolute Gasteiger partial charge is 0.313 e. The van der Waals surface area contributed by atoms with Gasteiger partial charge < -0.3 is 69.1 Å². The zero-order valence-electron chi connectivity index (χ0n) is 29.6. The molecule has 2 aliphatic heterocycles. The minimum atomic E-state index is -6.37. The Hall–Kier alpha value is -3.57. The highest BCUT2D eigenvalue weighted by atomic mass is 31.3. The molecule has 0 saturated carbocycles. The molecule has 32 heteroatoms. The number of aliphatic hydroxyl groups is 2. The summed E-state index contributed by atoms with van der Waals surface area (Å²) in [5.74, 6) is -0.538. The molecule has 8 N–H and O–H groups in total. The van der Waals surface area contributed by atoms with Crippen molar-refractivity contribution < 1.29 is 84.5 Å². The van der Waals surface area contributed by atoms with Gasteiger partial charge in [-0.2, -0.15) is 4.98 Å². The second kappa shape index (κ2) is 16.6. The van der Waals surface area contributed by atoms with Gasteiger partial charge >= 0.3 is 5.65 Å². The lowest BCUT2D eigenvalue weighted by Crippen LogP contribution is -2.47. The fourth-order valence-corrected chi connectivity index (χ4v) is 9.47. The summed E-state index contributed by atoms with van der Waals surface area (Å²) in [6.07, 6.45) is -9.11. The van der Waals surface area contributed by atoms with Crippen molar-refractivity contribution in [2.75, 3.05) is 52.1 Å². The summed E-state index contributed by atoms with van der Waals surface area (Å²) in [7, 11) is -14.3. The van der Waals surface area contributed by atoms with Crippen LogP contribution in [-0.4, -0.2) is 122 Å². The van der Waals surface area contributed by atoms with Crippen LogP contribution in [0.5, 0.6) is 0 Å². The number of H-pyrrole nitrogens is 2. The lowest BCUT2D eigenvalue weighted by Gasteiger charge is -2.34. The number of aliphatic hydroxyl groups excluding tert-OH is 2. The molecule has 3 unspecified atom stereocenters. The maximum atomic E-state index is 12.6. The van der Waals surface area contributed by atoms with Gasteiger partial charge in [-0.15, -0.1) is 0 Å². The third kappa shape index (κ3) is 9.19. The Morgan fingerprint density at radius 2 is 1.49 bits per heavy atom. The monoisotopic (exact) mass is 872 g/mol. The van der Waals surface area contributed by atoms with Crippen molar-refractivity contribution in [3.05, 3.63) is 33.4 Å². The summed E-state index contributed by atoms with van der Waals surface area (Å²) >= 11 is 0. The van der Waals surface area contributed by atoms with Crippen LogP contribution in [0.15, 0.2) is 22.2 Å². The van der Waals surface area contributed by atoms with Gasteiger partial charge in [-0.25, -0.2) is 18.2 Å². The number of phosphoric ester groups is 2. The third-order valence-electron chi connectivity index (χ3n) is 8.48. The fourth-order valence-electron chi connectivity index (χ4n) is 6.08. The summed E-state index contributed by atoms with van der Waals surface area (Å²) in [6.45, 7) is -2.26. The summed E-state index contributed by atoms with van der Waals surface area (Å²) < 4.78 is 85.7. The molecule has 11 atom stereocenters. The largest absolute Gasteiger partial charge is 0.756 e. The minimum absolute atomic E-state index is 0.00995. The van der Waals surface area contributed by atoms with Crippen LogP contribution < -0.4 is 41.8 Å². The third-order valence-corrected chi connectivity index (χ3v) is 12.6. The molecule has 4 aromatic heterocycles. The molecule has 0 aliphatic carbocycles. The van der Waals surface area contributed by atoms with Crippen LogP contribution in [0.1, 0.15) is 12.5 Å². The van der Waals surface area contributed by atoms with E-state index in [1.807, 2.05) is 0 Å². The number of phosphoric acid groups is 3. The fraction of sp³-hybridized carbons (Fsp3) is 0.600. The van der Waals surface area contributed by atoms with Gasteiger partial charge in [-0.3, -0.25) is 42.4 Å². The molecule has 0 radical (unpaired) electrons. The molecule has 2 saturated heterocycles. The first-order valence-corrected chi connectivity index (χ1v) is 20.6. The van der Waals surface area contributed by atoms with Gasteiger partial charge in [0.15, 0.2) is 23.7 Å². The van der Waals surface area contributed by atoms with E-state index in [9.17, 15) is 48.2 Å². The van der Waals surface area contributed by atoms with Gasteiger partial charge in [-0.05, 0) is 0 Å². The summed E-state index contributed by atoms with van der Waals surface area (Å²) in [5, 5.41) is 21.8. The van der Waals surface area contributed by atoms with Crippen LogP contribution in [0.3, 0.4) is 0 Å². The number of methoxy groups -OCH3 is 2. The Balaban J connectivity index is 1.08. The Kier molecular flexibility index (Phi) is 12.5. The molecule has 0 aromatic carbocycles. The molecule has 0 spiro atoms. The zero-order chi connectivity index (χ0) is 41.6. The first-order valence-electron chi connectivity index (χ1n) is 16.2. The van der Waals surface area contributed by atoms with Gasteiger partial charge in [0.2, 0.25) is 17.7 Å². The summed E-state index contributed by atoms with van der Waals surface area (Å²) in [5.41, 5.74) is 9.80. The average molecular weight is 873 g/mol. The molecule has 2 aliphatic rings. The number of aryl methyl sites for hydroxylation is 1. The standard InChI is InChI=1S/C25H37N10O19P3/c1-33-9-35(19-13(33)21(39)32-25(27)30-19)23-17(48-5-4-46-2)15(37)11(52-23)7-50-56(42,43)54-57(44,45)53-55(40,41)49-6-10-14(36)16(47-3)22(51-10)34-8-28-12-18(34)29-24(26)31-20(12)38/h8-11,14-17,22-23,36-37H,4-7H2,1-3H3,(H8-,26,27,29,30,31,32,38,39,40,41,42,43,44,45)/p-2/t10-,11-,14-,15-,16-,17-,22-,23-/m1/s1. The van der Waals surface area contributed by atoms with E-state index >= 15 is 0 Å². The van der Waals surface area contributed by atoms with Gasteiger partial charge in [0.25, 0.3) is 40.5 Å². The number of aromatic nitrogens is 8. The number of aromatic amines is 2. The Bertz CT molecular complexity index is 2370. The number of nitrogen functional groups attached to an aromatic ring is 2. The highest BCUT2D eigenvalue weighted by Gasteiger charge is 2.50. The van der Waals surface area contributed by atoms with E-state index in [1.165, 1.54) is 41.3 Å². The number of imidazole rings is 2. The number of nitrogens with zero attached hydrogens (tertiary/aromatic N) is 6. The van der Waals surface area contributed by atoms with E-state index in [1.54, 1.807) is 0 Å². The maximum Gasteiger partial charge on any atom is 0.313 e. The number of anilines is 2. The summed E-state index contributed by atoms with van der Waals surface area (Å²) in [4.78, 5) is 78.8. The van der Waals surface area contributed by atoms with Crippen LogP contribution in [0, 0.1) is 0 Å². The van der Waals surface area contributed by atoms with Gasteiger partial charge in [0.1, 0.15) is 36.6 Å². The molecule has 0 bridgehead atoms. The molecule has 29 nitrogen and oxygen atoms in total. The molecule has 2 fully saturated rings. The Morgan fingerprint density at radius 1 is 0.895 bits per heavy atom. The number of ether oxygens (including phenoxy) is 5. The van der Waals surface area contributed by atoms with Crippen molar-refractivity contribution in [3.63, 3.8) is 0 Å². The van der Waals surface area contributed by atoms with Crippen LogP contribution in [0.2, 0.25) is 0 Å². The van der Waals surface area contributed by atoms with Crippen molar-refractivity contribution in [1.29, 1.82) is 0 Å². The molecule has 4 aromatic rings. The van der Waals surface area contributed by atoms with Crippen molar-refractivity contribution in [1.82, 2.24) is 34.1 Å². The van der Waals surface area contributed by atoms with Crippen molar-refractivity contribution in [2.45, 2.75) is 49.1 Å². The number of hydrogen-bond acceptors (Lipinski definition) is 24. The molecule has 0 amide bonds. The predicted octanol–water partition coefficient (Wildman–Crippen LogP) is -5.12. The Morgan fingerprint density at radius 3 is 2.12 bits per heavy atom. The number of hydrogen-bond donors (Lipinski definition) is 6. The van der Waals surface area contributed by atoms with E-state index < -0.39 is 96.9 Å². The van der Waals surface area contributed by atoms with Gasteiger partial charge in [0.05, 0.1) is 39.8 Å². The van der Waals surface area contributed by atoms with Gasteiger partial charge in [-0.1, -0.05) is 4.98 Å². The minimum Gasteiger partial charge on any atom is -0.756 e. The highest BCUT2D eigenvalue weighted by Crippen LogP contribution is 2.63. The molecule has 6 heterocycles. The second-order valence-corrected chi connectivity index (χ2v) is 16.8. The van der Waals surface area contributed by atoms with Crippen LogP contribution in [0.25, 0.3) is 22.3 Å². The van der Waals surface area contributed by atoms with Crippen LogP contribution in [-0.2, 0) is 62.1 Å². The zero-order valence-corrected chi connectivity index (χ0v) is 32.3. The van der Waals surface area contributed by atoms with Crippen molar-refractivity contribution >= 4 is 57.7 Å². The van der Waals surface area contributed by atoms with Crippen molar-refractivity contribution in [3.8, 4) is 0 Å². The lowest BCUT2D eigenvalue weighted by atomic mass is 10.1. The lowest BCUT2D eigenvalue weighted by molar-refractivity contribution is -0.746. The van der Waals surface area contributed by atoms with Crippen LogP contribution >= 0.6 is 23.5 Å². The van der Waals surface area contributed by atoms with Crippen LogP contribution in [0.4, 0.5) is 11.9 Å². The van der Waals surface area contributed by atoms with Gasteiger partial charge in [0, 0.05) is 14.2 Å². The van der Waals surface area contributed by atoms with E-state index in [4.69, 9.17) is 35.2 Å². The second-order valence-electron chi connectivity index (χ2n) is 12.3. The molecule has 6 rings (SSSR count). The Labute approximate surface area is 317 Å². The first kappa shape index (κ1) is 43.0. The van der Waals surface area contributed by atoms with E-state index in [-0.39, 0.29) is 47.4 Å². The quantitative estimate of drug-likeness (QED) is 0.0328. The molecular formula is C25H35N10O19P3-2. The number of fused-ring (bicyclic) bond motifs is 2. The number of nitrogens with one attached hydrogen (secondary N) is 2. The van der Waals surface area contributed by atoms with Crippen molar-refractivity contribution in [2.24, 2.45) is 7.05 Å². The number of nitrogens with two attached hydrogens (primary N) is 2. The topological polar surface area (TPSA) is 414 Å². The maximum absolute atomic E-state index is 12.6. The van der Waals surface area contributed by atoms with E-state index in [0.29, 0.717) is 0 Å². The first-order chi connectivity index (χ1) is 26.7.